The molecule has 0 saturated carbocycles. The molecule has 0 bridgehead atoms. The molecule has 0 spiro atoms. The largest absolute Gasteiger partial charge is 0.478 e. The van der Waals surface area contributed by atoms with Crippen LogP contribution in [0.15, 0.2) is 48.5 Å². The van der Waals surface area contributed by atoms with Crippen LogP contribution in [0.1, 0.15) is 20.7 Å². The standard InChI is InChI=1S/C16H15NO3S/c18-15(17-9-10-21)14-12(11-5-2-1-3-6-11)7-4-8-13(14)16(19)20/h1-8,21H,9-10H2,(H,17,18)(H,19,20). The molecule has 0 unspecified atom stereocenters. The van der Waals surface area contributed by atoms with Gasteiger partial charge in [-0.25, -0.2) is 4.79 Å². The van der Waals surface area contributed by atoms with Gasteiger partial charge in [-0.15, -0.1) is 0 Å². The smallest absolute Gasteiger partial charge is 0.336 e. The van der Waals surface area contributed by atoms with E-state index >= 15 is 0 Å². The van der Waals surface area contributed by atoms with Crippen LogP contribution in [0.4, 0.5) is 0 Å². The summed E-state index contributed by atoms with van der Waals surface area (Å²) < 4.78 is 0. The fourth-order valence-electron chi connectivity index (χ4n) is 2.09. The molecule has 0 aliphatic carbocycles. The van der Waals surface area contributed by atoms with Gasteiger partial charge < -0.3 is 10.4 Å². The minimum Gasteiger partial charge on any atom is -0.478 e. The predicted molar refractivity (Wildman–Crippen MR) is 85.0 cm³/mol. The van der Waals surface area contributed by atoms with Crippen LogP contribution in [-0.4, -0.2) is 29.3 Å². The van der Waals surface area contributed by atoms with E-state index in [-0.39, 0.29) is 11.1 Å². The molecule has 0 aliphatic heterocycles. The van der Waals surface area contributed by atoms with Crippen LogP contribution in [0.3, 0.4) is 0 Å². The molecule has 0 saturated heterocycles. The lowest BCUT2D eigenvalue weighted by Gasteiger charge is -2.12. The van der Waals surface area contributed by atoms with Crippen molar-refractivity contribution in [2.24, 2.45) is 0 Å². The molecular weight excluding hydrogens is 286 g/mol. The topological polar surface area (TPSA) is 66.4 Å². The highest BCUT2D eigenvalue weighted by Gasteiger charge is 2.20. The first-order valence-corrected chi connectivity index (χ1v) is 7.09. The Morgan fingerprint density at radius 2 is 1.76 bits per heavy atom. The number of rotatable bonds is 5. The van der Waals surface area contributed by atoms with Gasteiger partial charge in [0, 0.05) is 12.3 Å². The number of nitrogens with one attached hydrogen (secondary N) is 1. The molecule has 0 atom stereocenters. The molecule has 2 N–H and O–H groups in total. The monoisotopic (exact) mass is 301 g/mol. The van der Waals surface area contributed by atoms with E-state index in [9.17, 15) is 14.7 Å². The number of hydrogen-bond donors (Lipinski definition) is 3. The average Bonchev–Trinajstić information content (AvgIpc) is 2.52. The van der Waals surface area contributed by atoms with Crippen molar-refractivity contribution in [3.8, 4) is 11.1 Å². The maximum Gasteiger partial charge on any atom is 0.336 e. The van der Waals surface area contributed by atoms with Crippen LogP contribution in [0.5, 0.6) is 0 Å². The molecule has 0 fully saturated rings. The highest BCUT2D eigenvalue weighted by atomic mass is 32.1. The fraction of sp³-hybridized carbons (Fsp3) is 0.125. The van der Waals surface area contributed by atoms with Gasteiger partial charge in [-0.2, -0.15) is 12.6 Å². The van der Waals surface area contributed by atoms with E-state index in [4.69, 9.17) is 0 Å². The summed E-state index contributed by atoms with van der Waals surface area (Å²) in [4.78, 5) is 23.7. The summed E-state index contributed by atoms with van der Waals surface area (Å²) in [6.45, 7) is 0.379. The van der Waals surface area contributed by atoms with Gasteiger partial charge in [-0.1, -0.05) is 42.5 Å². The van der Waals surface area contributed by atoms with Gasteiger partial charge in [0.2, 0.25) is 0 Å². The second-order valence-electron chi connectivity index (χ2n) is 4.38. The number of aromatic carboxylic acids is 1. The molecule has 0 heterocycles. The Bertz CT molecular complexity index is 656. The van der Waals surface area contributed by atoms with Crippen molar-refractivity contribution in [3.63, 3.8) is 0 Å². The Morgan fingerprint density at radius 3 is 2.38 bits per heavy atom. The number of carbonyl (C=O) groups is 2. The van der Waals surface area contributed by atoms with Crippen molar-refractivity contribution in [2.75, 3.05) is 12.3 Å². The van der Waals surface area contributed by atoms with Crippen LogP contribution in [0.25, 0.3) is 11.1 Å². The molecule has 0 aliphatic rings. The average molecular weight is 301 g/mol. The Balaban J connectivity index is 2.57. The van der Waals surface area contributed by atoms with Crippen LogP contribution in [0, 0.1) is 0 Å². The summed E-state index contributed by atoms with van der Waals surface area (Å²) in [6, 6.07) is 14.1. The van der Waals surface area contributed by atoms with E-state index in [1.54, 1.807) is 12.1 Å². The van der Waals surface area contributed by atoms with Gasteiger partial charge in [0.1, 0.15) is 0 Å². The number of hydrogen-bond acceptors (Lipinski definition) is 3. The summed E-state index contributed by atoms with van der Waals surface area (Å²) in [5.74, 6) is -1.04. The van der Waals surface area contributed by atoms with Crippen molar-refractivity contribution in [2.45, 2.75) is 0 Å². The fourth-order valence-corrected chi connectivity index (χ4v) is 2.20. The number of carboxylic acids is 1. The lowest BCUT2D eigenvalue weighted by Crippen LogP contribution is -2.27. The van der Waals surface area contributed by atoms with Crippen molar-refractivity contribution < 1.29 is 14.7 Å². The first-order valence-electron chi connectivity index (χ1n) is 6.46. The number of amides is 1. The number of carboxylic acid groups (broad SMARTS) is 1. The highest BCUT2D eigenvalue weighted by molar-refractivity contribution is 7.80. The molecule has 21 heavy (non-hydrogen) atoms. The summed E-state index contributed by atoms with van der Waals surface area (Å²) in [7, 11) is 0. The summed E-state index contributed by atoms with van der Waals surface area (Å²) in [5, 5.41) is 12.0. The minimum absolute atomic E-state index is 0.00647. The van der Waals surface area contributed by atoms with Crippen molar-refractivity contribution in [3.05, 3.63) is 59.7 Å². The van der Waals surface area contributed by atoms with Gasteiger partial charge in [-0.05, 0) is 17.2 Å². The number of benzene rings is 2. The molecule has 2 aromatic carbocycles. The second kappa shape index (κ2) is 6.95. The third-order valence-corrected chi connectivity index (χ3v) is 3.23. The van der Waals surface area contributed by atoms with E-state index in [0.717, 1.165) is 5.56 Å². The number of carbonyl (C=O) groups excluding carboxylic acids is 1. The van der Waals surface area contributed by atoms with E-state index < -0.39 is 11.9 Å². The van der Waals surface area contributed by atoms with Gasteiger partial charge >= 0.3 is 5.97 Å². The van der Waals surface area contributed by atoms with Crippen LogP contribution in [-0.2, 0) is 0 Å². The van der Waals surface area contributed by atoms with Crippen LogP contribution >= 0.6 is 12.6 Å². The maximum atomic E-state index is 12.3. The predicted octanol–water partition coefficient (Wildman–Crippen LogP) is 2.71. The van der Waals surface area contributed by atoms with Gasteiger partial charge in [0.05, 0.1) is 11.1 Å². The Hall–Kier alpha value is -2.27. The molecule has 2 rings (SSSR count). The zero-order valence-corrected chi connectivity index (χ0v) is 12.1. The Morgan fingerprint density at radius 1 is 1.05 bits per heavy atom. The molecule has 0 radical (unpaired) electrons. The normalized spacial score (nSPS) is 10.1. The second-order valence-corrected chi connectivity index (χ2v) is 4.83. The van der Waals surface area contributed by atoms with Crippen molar-refractivity contribution >= 4 is 24.5 Å². The highest BCUT2D eigenvalue weighted by Crippen LogP contribution is 2.26. The maximum absolute atomic E-state index is 12.3. The molecule has 108 valence electrons. The summed E-state index contributed by atoms with van der Waals surface area (Å²) in [6.07, 6.45) is 0. The molecule has 1 amide bonds. The zero-order chi connectivity index (χ0) is 15.2. The molecule has 4 nitrogen and oxygen atoms in total. The SMILES string of the molecule is O=C(O)c1cccc(-c2ccccc2)c1C(=O)NCCS. The molecule has 5 heteroatoms. The lowest BCUT2D eigenvalue weighted by molar-refractivity contribution is 0.0691. The Labute approximate surface area is 128 Å². The zero-order valence-electron chi connectivity index (χ0n) is 11.2. The number of thiol groups is 1. The van der Waals surface area contributed by atoms with Crippen molar-refractivity contribution in [1.82, 2.24) is 5.32 Å². The van der Waals surface area contributed by atoms with Gasteiger partial charge in [0.25, 0.3) is 5.91 Å². The van der Waals surface area contributed by atoms with E-state index in [1.165, 1.54) is 6.07 Å². The first kappa shape index (κ1) is 15.1. The van der Waals surface area contributed by atoms with E-state index in [0.29, 0.717) is 17.9 Å². The first-order chi connectivity index (χ1) is 10.1. The quantitative estimate of drug-likeness (QED) is 0.744. The lowest BCUT2D eigenvalue weighted by atomic mass is 9.94. The van der Waals surface area contributed by atoms with Gasteiger partial charge in [0.15, 0.2) is 0 Å². The van der Waals surface area contributed by atoms with Crippen molar-refractivity contribution in [1.29, 1.82) is 0 Å². The summed E-state index contributed by atoms with van der Waals surface area (Å²) in [5.41, 5.74) is 1.58. The third kappa shape index (κ3) is 3.44. The third-order valence-electron chi connectivity index (χ3n) is 3.00. The van der Waals surface area contributed by atoms with E-state index in [1.807, 2.05) is 30.3 Å². The van der Waals surface area contributed by atoms with Gasteiger partial charge in [-0.3, -0.25) is 4.79 Å². The summed E-state index contributed by atoms with van der Waals surface area (Å²) >= 11 is 4.04. The van der Waals surface area contributed by atoms with Crippen LogP contribution in [0.2, 0.25) is 0 Å². The molecule has 0 aromatic heterocycles. The van der Waals surface area contributed by atoms with E-state index in [2.05, 4.69) is 17.9 Å². The minimum atomic E-state index is -1.12. The molecular formula is C16H15NO3S. The Kier molecular flexibility index (Phi) is 5.00. The van der Waals surface area contributed by atoms with Crippen LogP contribution < -0.4 is 5.32 Å². The molecule has 2 aromatic rings.